The van der Waals surface area contributed by atoms with Crippen molar-refractivity contribution < 1.29 is 19.1 Å². The first-order valence-corrected chi connectivity index (χ1v) is 15.4. The highest BCUT2D eigenvalue weighted by atomic mass is 32.1. The smallest absolute Gasteiger partial charge is 0.410 e. The Kier molecular flexibility index (Phi) is 6.97. The topological polar surface area (TPSA) is 106 Å². The molecule has 0 bridgehead atoms. The summed E-state index contributed by atoms with van der Waals surface area (Å²) in [7, 11) is 0. The number of anilines is 1. The minimum atomic E-state index is -0.640. The fourth-order valence-electron chi connectivity index (χ4n) is 6.31. The molecule has 2 aromatic carbocycles. The van der Waals surface area contributed by atoms with Crippen molar-refractivity contribution >= 4 is 55.4 Å². The highest BCUT2D eigenvalue weighted by molar-refractivity contribution is 7.24. The van der Waals surface area contributed by atoms with Gasteiger partial charge in [-0.25, -0.2) is 14.6 Å². The monoisotopic (exact) mass is 597 g/mol. The second-order valence-electron chi connectivity index (χ2n) is 11.2. The molecule has 2 aliphatic heterocycles. The lowest BCUT2D eigenvalue weighted by atomic mass is 9.78. The standard InChI is InChI=1S/C32H31N5O5S/c1-2-41-29(39)25-26(38)22-18-33-30(34-27(22)37-23-10-6-7-11-24(23)43-28(25)37)36-17-14-32(20-36)12-15-35(16-13-32)31(40)42-19-21-8-4-3-5-9-21/h3-11,18H,2,12-17,19-20H2,1H3. The van der Waals surface area contributed by atoms with Crippen LogP contribution in [0.1, 0.15) is 42.1 Å². The molecule has 2 saturated heterocycles. The van der Waals surface area contributed by atoms with Gasteiger partial charge in [0.05, 0.1) is 22.2 Å². The molecule has 5 heterocycles. The van der Waals surface area contributed by atoms with Crippen molar-refractivity contribution in [2.75, 3.05) is 37.7 Å². The number of piperidine rings is 1. The quantitative estimate of drug-likeness (QED) is 0.253. The number of carbonyl (C=O) groups excluding carboxylic acids is 2. The molecule has 0 radical (unpaired) electrons. The number of amides is 1. The highest BCUT2D eigenvalue weighted by Crippen LogP contribution is 2.41. The van der Waals surface area contributed by atoms with Crippen molar-refractivity contribution in [3.63, 3.8) is 0 Å². The maximum atomic E-state index is 13.6. The number of hydrogen-bond acceptors (Lipinski definition) is 9. The predicted molar refractivity (Wildman–Crippen MR) is 165 cm³/mol. The molecule has 0 aliphatic carbocycles. The van der Waals surface area contributed by atoms with Gasteiger partial charge in [0.15, 0.2) is 5.65 Å². The van der Waals surface area contributed by atoms with Crippen molar-refractivity contribution in [3.05, 3.63) is 82.1 Å². The molecule has 0 N–H and O–H groups in total. The molecule has 220 valence electrons. The van der Waals surface area contributed by atoms with Gasteiger partial charge in [-0.1, -0.05) is 42.5 Å². The molecule has 2 aliphatic rings. The van der Waals surface area contributed by atoms with E-state index in [0.29, 0.717) is 29.5 Å². The van der Waals surface area contributed by atoms with Gasteiger partial charge in [0.2, 0.25) is 11.4 Å². The van der Waals surface area contributed by atoms with Crippen molar-refractivity contribution in [1.82, 2.24) is 19.3 Å². The summed E-state index contributed by atoms with van der Waals surface area (Å²) in [6.07, 6.45) is 3.99. The molecule has 1 amide bonds. The van der Waals surface area contributed by atoms with E-state index < -0.39 is 11.4 Å². The number of esters is 1. The minimum absolute atomic E-state index is 0.0149. The van der Waals surface area contributed by atoms with Crippen LogP contribution in [0.2, 0.25) is 0 Å². The van der Waals surface area contributed by atoms with Crippen LogP contribution in [-0.2, 0) is 16.1 Å². The van der Waals surface area contributed by atoms with E-state index in [9.17, 15) is 14.4 Å². The zero-order valence-corrected chi connectivity index (χ0v) is 24.6. The van der Waals surface area contributed by atoms with Crippen molar-refractivity contribution in [2.45, 2.75) is 32.8 Å². The molecule has 0 saturated carbocycles. The van der Waals surface area contributed by atoms with Gasteiger partial charge in [-0.05, 0) is 49.3 Å². The molecular formula is C32H31N5O5S. The van der Waals surface area contributed by atoms with E-state index in [4.69, 9.17) is 14.5 Å². The molecule has 7 rings (SSSR count). The predicted octanol–water partition coefficient (Wildman–Crippen LogP) is 5.26. The van der Waals surface area contributed by atoms with Crippen LogP contribution in [0, 0.1) is 5.41 Å². The van der Waals surface area contributed by atoms with Crippen LogP contribution in [0.15, 0.2) is 65.6 Å². The summed E-state index contributed by atoms with van der Waals surface area (Å²) in [5, 5.41) is 0.282. The first kappa shape index (κ1) is 27.3. The molecule has 3 aromatic heterocycles. The molecule has 5 aromatic rings. The lowest BCUT2D eigenvalue weighted by Crippen LogP contribution is -2.44. The number of nitrogens with zero attached hydrogens (tertiary/aromatic N) is 5. The average molecular weight is 598 g/mol. The van der Waals surface area contributed by atoms with Gasteiger partial charge in [-0.3, -0.25) is 9.20 Å². The van der Waals surface area contributed by atoms with Crippen LogP contribution in [0.5, 0.6) is 0 Å². The van der Waals surface area contributed by atoms with Crippen LogP contribution in [0.25, 0.3) is 26.1 Å². The highest BCUT2D eigenvalue weighted by Gasteiger charge is 2.42. The molecule has 43 heavy (non-hydrogen) atoms. The summed E-state index contributed by atoms with van der Waals surface area (Å²) in [6, 6.07) is 17.5. The maximum absolute atomic E-state index is 13.6. The number of benzene rings is 2. The van der Waals surface area contributed by atoms with E-state index in [1.807, 2.05) is 59.0 Å². The first-order valence-electron chi connectivity index (χ1n) is 14.6. The number of thiazole rings is 1. The molecular weight excluding hydrogens is 566 g/mol. The van der Waals surface area contributed by atoms with E-state index >= 15 is 0 Å². The fourth-order valence-corrected chi connectivity index (χ4v) is 7.48. The summed E-state index contributed by atoms with van der Waals surface area (Å²) in [5.74, 6) is -0.0826. The third kappa shape index (κ3) is 4.87. The summed E-state index contributed by atoms with van der Waals surface area (Å²) < 4.78 is 13.6. The Morgan fingerprint density at radius 1 is 0.977 bits per heavy atom. The number of hydrogen-bond donors (Lipinski definition) is 0. The molecule has 0 unspecified atom stereocenters. The average Bonchev–Trinajstić information content (AvgIpc) is 3.62. The van der Waals surface area contributed by atoms with Crippen LogP contribution in [0.3, 0.4) is 0 Å². The zero-order valence-electron chi connectivity index (χ0n) is 23.8. The summed E-state index contributed by atoms with van der Waals surface area (Å²) in [6.45, 7) is 5.01. The third-order valence-electron chi connectivity index (χ3n) is 8.66. The Hall–Kier alpha value is -4.51. The normalized spacial score (nSPS) is 16.4. The van der Waals surface area contributed by atoms with Gasteiger partial charge in [0.1, 0.15) is 17.0 Å². The lowest BCUT2D eigenvalue weighted by molar-refractivity contribution is 0.0527. The fraction of sp³-hybridized carbons (Fsp3) is 0.344. The summed E-state index contributed by atoms with van der Waals surface area (Å²) >= 11 is 1.38. The first-order chi connectivity index (χ1) is 21.0. The lowest BCUT2D eigenvalue weighted by Gasteiger charge is -2.38. The Balaban J connectivity index is 1.14. The number of carbonyl (C=O) groups is 2. The van der Waals surface area contributed by atoms with Crippen LogP contribution in [-0.4, -0.2) is 64.1 Å². The zero-order chi connectivity index (χ0) is 29.6. The molecule has 10 nitrogen and oxygen atoms in total. The molecule has 11 heteroatoms. The van der Waals surface area contributed by atoms with Gasteiger partial charge in [0, 0.05) is 32.4 Å². The van der Waals surface area contributed by atoms with Gasteiger partial charge < -0.3 is 19.3 Å². The minimum Gasteiger partial charge on any atom is -0.462 e. The largest absolute Gasteiger partial charge is 0.462 e. The van der Waals surface area contributed by atoms with E-state index in [-0.39, 0.29) is 35.7 Å². The van der Waals surface area contributed by atoms with Crippen LogP contribution in [0.4, 0.5) is 10.7 Å². The van der Waals surface area contributed by atoms with Gasteiger partial charge >= 0.3 is 12.1 Å². The second-order valence-corrected chi connectivity index (χ2v) is 12.3. The van der Waals surface area contributed by atoms with E-state index in [0.717, 1.165) is 48.1 Å². The van der Waals surface area contributed by atoms with Gasteiger partial charge in [-0.15, -0.1) is 11.3 Å². The Morgan fingerprint density at radius 2 is 1.72 bits per heavy atom. The number of fused-ring (bicyclic) bond motifs is 5. The summed E-state index contributed by atoms with van der Waals surface area (Å²) in [5.41, 5.74) is 1.97. The number of rotatable bonds is 5. The number of likely N-dealkylation sites (tertiary alicyclic amines) is 1. The Morgan fingerprint density at radius 3 is 2.51 bits per heavy atom. The summed E-state index contributed by atoms with van der Waals surface area (Å²) in [4.78, 5) is 53.2. The van der Waals surface area contributed by atoms with Crippen LogP contribution >= 0.6 is 11.3 Å². The van der Waals surface area contributed by atoms with E-state index in [1.165, 1.54) is 17.5 Å². The van der Waals surface area contributed by atoms with Gasteiger partial charge in [0.25, 0.3) is 0 Å². The SMILES string of the molecule is CCOC(=O)c1c(=O)c2cnc(N3CCC4(CCN(C(=O)OCc5ccccc5)CC4)C3)nc2n2c1sc1ccccc12. The molecule has 1 spiro atoms. The van der Waals surface area contributed by atoms with E-state index in [2.05, 4.69) is 9.88 Å². The second kappa shape index (κ2) is 11.0. The Labute approximate surface area is 251 Å². The van der Waals surface area contributed by atoms with Crippen molar-refractivity contribution in [2.24, 2.45) is 5.41 Å². The molecule has 0 atom stereocenters. The number of pyridine rings is 1. The molecule has 2 fully saturated rings. The van der Waals surface area contributed by atoms with Gasteiger partial charge in [-0.2, -0.15) is 4.98 Å². The Bertz CT molecular complexity index is 1910. The number of ether oxygens (including phenoxy) is 2. The van der Waals surface area contributed by atoms with Crippen LogP contribution < -0.4 is 10.3 Å². The number of para-hydroxylation sites is 1. The number of aromatic nitrogens is 3. The van der Waals surface area contributed by atoms with Crippen molar-refractivity contribution in [1.29, 1.82) is 0 Å². The van der Waals surface area contributed by atoms with Crippen molar-refractivity contribution in [3.8, 4) is 0 Å². The maximum Gasteiger partial charge on any atom is 0.410 e. The third-order valence-corrected chi connectivity index (χ3v) is 9.80. The van der Waals surface area contributed by atoms with E-state index in [1.54, 1.807) is 11.8 Å².